The Bertz CT molecular complexity index is 464. The summed E-state index contributed by atoms with van der Waals surface area (Å²) < 4.78 is 7.75. The Hall–Kier alpha value is -1.32. The lowest BCUT2D eigenvalue weighted by molar-refractivity contribution is -0.119. The molecule has 1 amide bonds. The second-order valence-electron chi connectivity index (χ2n) is 3.59. The third kappa shape index (κ3) is 2.51. The molecule has 0 aliphatic carbocycles. The molecule has 2 heterocycles. The zero-order chi connectivity index (χ0) is 12.3. The zero-order valence-electron chi connectivity index (χ0n) is 9.23. The van der Waals surface area contributed by atoms with Crippen LogP contribution < -0.4 is 4.90 Å². The molecule has 1 aromatic heterocycles. The van der Waals surface area contributed by atoms with Crippen LogP contribution in [0, 0.1) is 12.3 Å². The van der Waals surface area contributed by atoms with Gasteiger partial charge in [-0.3, -0.25) is 9.69 Å². The van der Waals surface area contributed by atoms with Gasteiger partial charge in [0.15, 0.2) is 0 Å². The van der Waals surface area contributed by atoms with Crippen LogP contribution in [0.1, 0.15) is 6.42 Å². The molecular formula is C11H12BrN3O2. The number of aromatic nitrogens is 2. The van der Waals surface area contributed by atoms with Crippen LogP contribution in [0.4, 0.5) is 5.82 Å². The lowest BCUT2D eigenvalue weighted by atomic mass is 10.3. The number of nitrogens with zero attached hydrogens (tertiary/aromatic N) is 3. The van der Waals surface area contributed by atoms with E-state index in [1.54, 1.807) is 11.1 Å². The van der Waals surface area contributed by atoms with Crippen LogP contribution in [0.5, 0.6) is 0 Å². The molecule has 0 aromatic carbocycles. The highest BCUT2D eigenvalue weighted by atomic mass is 79.9. The molecule has 1 aliphatic rings. The number of terminal acetylenes is 1. The third-order valence-electron chi connectivity index (χ3n) is 2.51. The number of rotatable bonds is 4. The van der Waals surface area contributed by atoms with E-state index in [1.165, 1.54) is 0 Å². The second kappa shape index (κ2) is 5.34. The number of anilines is 1. The van der Waals surface area contributed by atoms with Gasteiger partial charge in [0.2, 0.25) is 5.91 Å². The molecule has 5 nitrogen and oxygen atoms in total. The normalized spacial score (nSPS) is 13.5. The molecule has 0 saturated heterocycles. The first-order valence-corrected chi connectivity index (χ1v) is 6.06. The summed E-state index contributed by atoms with van der Waals surface area (Å²) in [5.41, 5.74) is 0. The number of ether oxygens (including phenoxy) is 1. The van der Waals surface area contributed by atoms with Gasteiger partial charge in [0.05, 0.1) is 30.2 Å². The second-order valence-corrected chi connectivity index (χ2v) is 4.45. The number of hydrogen-bond donors (Lipinski definition) is 0. The Morgan fingerprint density at radius 2 is 2.47 bits per heavy atom. The molecule has 1 aliphatic heterocycles. The highest BCUT2D eigenvalue weighted by Crippen LogP contribution is 2.30. The molecule has 0 unspecified atom stereocenters. The lowest BCUT2D eigenvalue weighted by Crippen LogP contribution is -2.29. The van der Waals surface area contributed by atoms with Crippen molar-refractivity contribution in [3.63, 3.8) is 0 Å². The van der Waals surface area contributed by atoms with Crippen molar-refractivity contribution < 1.29 is 9.53 Å². The lowest BCUT2D eigenvalue weighted by Gasteiger charge is -2.15. The fourth-order valence-electron chi connectivity index (χ4n) is 1.76. The molecule has 0 spiro atoms. The number of amides is 1. The van der Waals surface area contributed by atoms with Crippen molar-refractivity contribution in [2.45, 2.75) is 13.0 Å². The van der Waals surface area contributed by atoms with Crippen LogP contribution in [0.15, 0.2) is 10.7 Å². The fourth-order valence-corrected chi connectivity index (χ4v) is 2.27. The Morgan fingerprint density at radius 3 is 3.24 bits per heavy atom. The standard InChI is InChI=1S/C11H12BrN3O2/c1-2-6-17-7-3-10(16)14-4-5-15-11(14)9(12)8-13-15/h1,8H,3-7H2. The van der Waals surface area contributed by atoms with E-state index in [0.29, 0.717) is 19.6 Å². The van der Waals surface area contributed by atoms with Gasteiger partial charge in [0.25, 0.3) is 0 Å². The Kier molecular flexibility index (Phi) is 3.82. The summed E-state index contributed by atoms with van der Waals surface area (Å²) in [6.45, 7) is 1.99. The maximum atomic E-state index is 12.0. The van der Waals surface area contributed by atoms with E-state index in [2.05, 4.69) is 26.9 Å². The molecule has 0 N–H and O–H groups in total. The van der Waals surface area contributed by atoms with Crippen molar-refractivity contribution in [3.8, 4) is 12.3 Å². The van der Waals surface area contributed by atoms with Crippen LogP contribution in [0.3, 0.4) is 0 Å². The van der Waals surface area contributed by atoms with Gasteiger partial charge >= 0.3 is 0 Å². The molecule has 0 fully saturated rings. The SMILES string of the molecule is C#CCOCCC(=O)N1CCn2ncc(Br)c21. The minimum absolute atomic E-state index is 0.0296. The Morgan fingerprint density at radius 1 is 1.65 bits per heavy atom. The summed E-state index contributed by atoms with van der Waals surface area (Å²) >= 11 is 3.38. The van der Waals surface area contributed by atoms with E-state index >= 15 is 0 Å². The largest absolute Gasteiger partial charge is 0.368 e. The number of hydrogen-bond acceptors (Lipinski definition) is 3. The predicted octanol–water partition coefficient (Wildman–Crippen LogP) is 1.03. The van der Waals surface area contributed by atoms with Crippen molar-refractivity contribution in [1.82, 2.24) is 9.78 Å². The summed E-state index contributed by atoms with van der Waals surface area (Å²) in [7, 11) is 0. The van der Waals surface area contributed by atoms with Gasteiger partial charge in [-0.15, -0.1) is 6.42 Å². The first-order valence-electron chi connectivity index (χ1n) is 5.27. The third-order valence-corrected chi connectivity index (χ3v) is 3.07. The van der Waals surface area contributed by atoms with E-state index in [9.17, 15) is 4.79 Å². The van der Waals surface area contributed by atoms with Crippen molar-refractivity contribution >= 4 is 27.7 Å². The van der Waals surface area contributed by atoms with Crippen LogP contribution in [-0.2, 0) is 16.1 Å². The van der Waals surface area contributed by atoms with Crippen molar-refractivity contribution in [2.24, 2.45) is 0 Å². The van der Waals surface area contributed by atoms with Crippen LogP contribution in [0.25, 0.3) is 0 Å². The van der Waals surface area contributed by atoms with Crippen LogP contribution in [-0.4, -0.2) is 35.4 Å². The number of carbonyl (C=O) groups is 1. The molecule has 0 atom stereocenters. The molecule has 2 rings (SSSR count). The van der Waals surface area contributed by atoms with Gasteiger partial charge in [-0.25, -0.2) is 4.68 Å². The van der Waals surface area contributed by atoms with Gasteiger partial charge in [0.1, 0.15) is 12.4 Å². The van der Waals surface area contributed by atoms with Crippen molar-refractivity contribution in [3.05, 3.63) is 10.7 Å². The topological polar surface area (TPSA) is 47.4 Å². The summed E-state index contributed by atoms with van der Waals surface area (Å²) in [6, 6.07) is 0. The summed E-state index contributed by atoms with van der Waals surface area (Å²) in [5, 5.41) is 4.16. The maximum absolute atomic E-state index is 12.0. The average molecular weight is 298 g/mol. The first kappa shape index (κ1) is 12.1. The molecule has 1 aromatic rings. The number of carbonyl (C=O) groups excluding carboxylic acids is 1. The highest BCUT2D eigenvalue weighted by molar-refractivity contribution is 9.10. The number of halogens is 1. The molecule has 90 valence electrons. The van der Waals surface area contributed by atoms with Gasteiger partial charge in [-0.1, -0.05) is 5.92 Å². The Balaban J connectivity index is 1.94. The van der Waals surface area contributed by atoms with E-state index in [0.717, 1.165) is 16.8 Å². The van der Waals surface area contributed by atoms with Crippen LogP contribution in [0.2, 0.25) is 0 Å². The zero-order valence-corrected chi connectivity index (χ0v) is 10.8. The molecule has 0 bridgehead atoms. The maximum Gasteiger partial charge on any atom is 0.230 e. The van der Waals surface area contributed by atoms with E-state index in [4.69, 9.17) is 11.2 Å². The van der Waals surface area contributed by atoms with E-state index in [-0.39, 0.29) is 12.5 Å². The van der Waals surface area contributed by atoms with Gasteiger partial charge in [-0.2, -0.15) is 5.10 Å². The predicted molar refractivity (Wildman–Crippen MR) is 66.5 cm³/mol. The molecule has 17 heavy (non-hydrogen) atoms. The first-order chi connectivity index (χ1) is 8.24. The summed E-state index contributed by atoms with van der Waals surface area (Å²) in [5.74, 6) is 3.22. The van der Waals surface area contributed by atoms with Crippen molar-refractivity contribution in [2.75, 3.05) is 24.7 Å². The van der Waals surface area contributed by atoms with Gasteiger partial charge in [-0.05, 0) is 15.9 Å². The average Bonchev–Trinajstić information content (AvgIpc) is 2.88. The van der Waals surface area contributed by atoms with Crippen molar-refractivity contribution in [1.29, 1.82) is 0 Å². The minimum atomic E-state index is 0.0296. The van der Waals surface area contributed by atoms with Gasteiger partial charge in [0, 0.05) is 6.54 Å². The molecule has 0 saturated carbocycles. The highest BCUT2D eigenvalue weighted by Gasteiger charge is 2.27. The minimum Gasteiger partial charge on any atom is -0.368 e. The monoisotopic (exact) mass is 297 g/mol. The molecular weight excluding hydrogens is 286 g/mol. The number of fused-ring (bicyclic) bond motifs is 1. The molecule has 6 heteroatoms. The van der Waals surface area contributed by atoms with E-state index in [1.807, 2.05) is 4.68 Å². The van der Waals surface area contributed by atoms with Gasteiger partial charge < -0.3 is 4.74 Å². The summed E-state index contributed by atoms with van der Waals surface area (Å²) in [6.07, 6.45) is 7.08. The fraction of sp³-hybridized carbons (Fsp3) is 0.455. The smallest absolute Gasteiger partial charge is 0.230 e. The Labute approximate surface area is 108 Å². The quantitative estimate of drug-likeness (QED) is 0.616. The molecule has 0 radical (unpaired) electrons. The van der Waals surface area contributed by atoms with E-state index < -0.39 is 0 Å². The van der Waals surface area contributed by atoms with Crippen LogP contribution >= 0.6 is 15.9 Å². The summed E-state index contributed by atoms with van der Waals surface area (Å²) in [4.78, 5) is 13.7.